The highest BCUT2D eigenvalue weighted by atomic mass is 16.2. The fraction of sp³-hybridized carbons (Fsp3) is 0.214. The third-order valence-electron chi connectivity index (χ3n) is 3.37. The molecule has 1 unspecified atom stereocenters. The molecular formula is C14H13N3O2. The van der Waals surface area contributed by atoms with E-state index in [2.05, 4.69) is 5.10 Å². The summed E-state index contributed by atoms with van der Waals surface area (Å²) in [5.74, 6) is -0.554. The molecule has 1 atom stereocenters. The van der Waals surface area contributed by atoms with Gasteiger partial charge >= 0.3 is 0 Å². The molecule has 5 heteroatoms. The first-order valence-electron chi connectivity index (χ1n) is 6.02. The van der Waals surface area contributed by atoms with Crippen LogP contribution in [-0.2, 0) is 9.59 Å². The number of hydrogen-bond acceptors (Lipinski definition) is 3. The van der Waals surface area contributed by atoms with Gasteiger partial charge in [-0.15, -0.1) is 0 Å². The van der Waals surface area contributed by atoms with E-state index < -0.39 is 6.04 Å². The van der Waals surface area contributed by atoms with Gasteiger partial charge < -0.3 is 4.57 Å². The number of likely N-dealkylation sites (N-methyl/N-ethyl adjacent to an activating group) is 1. The smallest absolute Gasteiger partial charge is 0.273 e. The van der Waals surface area contributed by atoms with Gasteiger partial charge in [0.25, 0.3) is 5.91 Å². The number of amides is 1. The lowest BCUT2D eigenvalue weighted by atomic mass is 10.1. The predicted molar refractivity (Wildman–Crippen MR) is 71.9 cm³/mol. The van der Waals surface area contributed by atoms with Crippen LogP contribution < -0.4 is 0 Å². The zero-order valence-corrected chi connectivity index (χ0v) is 10.7. The van der Waals surface area contributed by atoms with Crippen LogP contribution >= 0.6 is 0 Å². The summed E-state index contributed by atoms with van der Waals surface area (Å²) in [5.41, 5.74) is 1.22. The summed E-state index contributed by atoms with van der Waals surface area (Å²) in [5, 5.41) is 6.16. The first-order valence-corrected chi connectivity index (χ1v) is 6.02. The summed E-state index contributed by atoms with van der Waals surface area (Å²) in [6.45, 7) is 1.63. The van der Waals surface area contributed by atoms with Crippen molar-refractivity contribution in [2.75, 3.05) is 7.05 Å². The van der Waals surface area contributed by atoms with Gasteiger partial charge in [-0.1, -0.05) is 18.2 Å². The molecule has 0 bridgehead atoms. The number of fused-ring (bicyclic) bond motifs is 1. The van der Waals surface area contributed by atoms with E-state index in [9.17, 15) is 9.59 Å². The topological polar surface area (TPSA) is 54.7 Å². The maximum atomic E-state index is 12.2. The van der Waals surface area contributed by atoms with Crippen molar-refractivity contribution in [1.82, 2.24) is 9.58 Å². The summed E-state index contributed by atoms with van der Waals surface area (Å²) in [4.78, 5) is 24.4. The fourth-order valence-electron chi connectivity index (χ4n) is 2.39. The maximum absolute atomic E-state index is 12.2. The lowest BCUT2D eigenvalue weighted by Crippen LogP contribution is -2.43. The number of para-hydroxylation sites is 1. The van der Waals surface area contributed by atoms with Gasteiger partial charge in [0.1, 0.15) is 5.71 Å². The maximum Gasteiger partial charge on any atom is 0.273 e. The van der Waals surface area contributed by atoms with Gasteiger partial charge in [-0.25, -0.2) is 5.01 Å². The Morgan fingerprint density at radius 1 is 1.16 bits per heavy atom. The van der Waals surface area contributed by atoms with Gasteiger partial charge in [-0.2, -0.15) is 5.10 Å². The highest BCUT2D eigenvalue weighted by molar-refractivity contribution is 6.45. The molecule has 0 spiro atoms. The molecule has 2 aromatic rings. The van der Waals surface area contributed by atoms with E-state index >= 15 is 0 Å². The van der Waals surface area contributed by atoms with Crippen LogP contribution in [0, 0.1) is 0 Å². The summed E-state index contributed by atoms with van der Waals surface area (Å²) in [6, 6.07) is 8.72. The third kappa shape index (κ3) is 1.66. The monoisotopic (exact) mass is 255 g/mol. The molecule has 5 nitrogen and oxygen atoms in total. The number of hydrogen-bond donors (Lipinski definition) is 0. The molecule has 19 heavy (non-hydrogen) atoms. The van der Waals surface area contributed by atoms with Gasteiger partial charge in [0.05, 0.1) is 0 Å². The van der Waals surface area contributed by atoms with Crippen molar-refractivity contribution < 1.29 is 9.59 Å². The number of Topliss-reactive ketones (excluding diaryl/α,β-unsaturated/α-hetero) is 1. The van der Waals surface area contributed by atoms with Crippen molar-refractivity contribution in [1.29, 1.82) is 0 Å². The minimum absolute atomic E-state index is 0.246. The lowest BCUT2D eigenvalue weighted by molar-refractivity contribution is -0.138. The molecule has 0 radical (unpaired) electrons. The molecule has 1 aliphatic rings. The number of rotatable bonds is 1. The average Bonchev–Trinajstić information content (AvgIpc) is 2.81. The van der Waals surface area contributed by atoms with Crippen molar-refractivity contribution in [2.24, 2.45) is 5.10 Å². The van der Waals surface area contributed by atoms with Gasteiger partial charge in [-0.3, -0.25) is 9.59 Å². The molecule has 0 saturated heterocycles. The Morgan fingerprint density at radius 2 is 1.89 bits per heavy atom. The Hall–Kier alpha value is -2.43. The lowest BCUT2D eigenvalue weighted by Gasteiger charge is -2.26. The van der Waals surface area contributed by atoms with Crippen molar-refractivity contribution in [3.05, 3.63) is 36.5 Å². The molecule has 1 aliphatic heterocycles. The molecule has 0 aliphatic carbocycles. The molecular weight excluding hydrogens is 242 g/mol. The van der Waals surface area contributed by atoms with Crippen LogP contribution in [-0.4, -0.2) is 34.0 Å². The molecule has 0 fully saturated rings. The SMILES string of the molecule is CC1=NN(C)C(=O)C(n2ccc3ccccc32)C1=O. The van der Waals surface area contributed by atoms with Crippen LogP contribution in [0.3, 0.4) is 0 Å². The van der Waals surface area contributed by atoms with Crippen LogP contribution in [0.15, 0.2) is 41.6 Å². The molecule has 3 rings (SSSR count). The third-order valence-corrected chi connectivity index (χ3v) is 3.37. The van der Waals surface area contributed by atoms with E-state index in [0.717, 1.165) is 10.9 Å². The summed E-state index contributed by atoms with van der Waals surface area (Å²) < 4.78 is 1.72. The Labute approximate surface area is 110 Å². The average molecular weight is 255 g/mol. The zero-order valence-electron chi connectivity index (χ0n) is 10.7. The highest BCUT2D eigenvalue weighted by Gasteiger charge is 2.36. The van der Waals surface area contributed by atoms with Crippen molar-refractivity contribution >= 4 is 28.3 Å². The Kier molecular flexibility index (Phi) is 2.48. The van der Waals surface area contributed by atoms with Crippen molar-refractivity contribution in [3.8, 4) is 0 Å². The minimum Gasteiger partial charge on any atom is -0.328 e. The molecule has 2 heterocycles. The second kappa shape index (κ2) is 4.05. The molecule has 1 aromatic carbocycles. The van der Waals surface area contributed by atoms with E-state index in [4.69, 9.17) is 0 Å². The van der Waals surface area contributed by atoms with Crippen LogP contribution in [0.2, 0.25) is 0 Å². The molecule has 1 aromatic heterocycles. The molecule has 1 amide bonds. The van der Waals surface area contributed by atoms with Gasteiger partial charge in [-0.05, 0) is 24.4 Å². The number of ketones is 1. The van der Waals surface area contributed by atoms with Gasteiger partial charge in [0.2, 0.25) is 5.78 Å². The Morgan fingerprint density at radius 3 is 2.68 bits per heavy atom. The Bertz CT molecular complexity index is 714. The van der Waals surface area contributed by atoms with E-state index in [1.807, 2.05) is 30.3 Å². The second-order valence-corrected chi connectivity index (χ2v) is 4.60. The zero-order chi connectivity index (χ0) is 13.6. The Balaban J connectivity index is 2.18. The summed E-state index contributed by atoms with van der Waals surface area (Å²) in [7, 11) is 1.57. The molecule has 0 saturated carbocycles. The van der Waals surface area contributed by atoms with E-state index in [1.54, 1.807) is 24.7 Å². The second-order valence-electron chi connectivity index (χ2n) is 4.60. The van der Waals surface area contributed by atoms with Gasteiger partial charge in [0.15, 0.2) is 6.04 Å². The summed E-state index contributed by atoms with van der Waals surface area (Å²) >= 11 is 0. The van der Waals surface area contributed by atoms with Crippen LogP contribution in [0.25, 0.3) is 10.9 Å². The minimum atomic E-state index is -0.845. The summed E-state index contributed by atoms with van der Waals surface area (Å²) in [6.07, 6.45) is 1.78. The number of aromatic nitrogens is 1. The van der Waals surface area contributed by atoms with E-state index in [0.29, 0.717) is 5.71 Å². The number of benzene rings is 1. The van der Waals surface area contributed by atoms with Crippen LogP contribution in [0.1, 0.15) is 13.0 Å². The van der Waals surface area contributed by atoms with Crippen LogP contribution in [0.4, 0.5) is 0 Å². The normalized spacial score (nSPS) is 20.0. The van der Waals surface area contributed by atoms with E-state index in [-0.39, 0.29) is 11.7 Å². The number of carbonyl (C=O) groups excluding carboxylic acids is 2. The number of carbonyl (C=O) groups is 2. The van der Waals surface area contributed by atoms with E-state index in [1.165, 1.54) is 5.01 Å². The van der Waals surface area contributed by atoms with Crippen molar-refractivity contribution in [2.45, 2.75) is 13.0 Å². The standard InChI is InChI=1S/C14H13N3O2/c1-9-13(18)12(14(19)16(2)15-9)17-8-7-10-5-3-4-6-11(10)17/h3-8,12H,1-2H3. The van der Waals surface area contributed by atoms with Crippen LogP contribution in [0.5, 0.6) is 0 Å². The predicted octanol–water partition coefficient (Wildman–Crippen LogP) is 1.60. The van der Waals surface area contributed by atoms with Gasteiger partial charge in [0, 0.05) is 18.8 Å². The highest BCUT2D eigenvalue weighted by Crippen LogP contribution is 2.24. The molecule has 96 valence electrons. The fourth-order valence-corrected chi connectivity index (χ4v) is 2.39. The quantitative estimate of drug-likeness (QED) is 0.727. The first-order chi connectivity index (χ1) is 9.09. The largest absolute Gasteiger partial charge is 0.328 e. The number of hydrazone groups is 1. The van der Waals surface area contributed by atoms with Crippen molar-refractivity contribution in [3.63, 3.8) is 0 Å². The number of nitrogens with zero attached hydrogens (tertiary/aromatic N) is 3. The molecule has 0 N–H and O–H groups in total. The first kappa shape index (κ1) is 11.6.